The van der Waals surface area contributed by atoms with Gasteiger partial charge in [0.05, 0.1) is 6.61 Å². The minimum atomic E-state index is -0.958. The molecule has 1 aromatic rings. The Morgan fingerprint density at radius 3 is 2.90 bits per heavy atom. The largest absolute Gasteiger partial charge is 0.394 e. The Balaban J connectivity index is 2.37. The average Bonchev–Trinajstić information content (AvgIpc) is 2.77. The van der Waals surface area contributed by atoms with E-state index in [4.69, 9.17) is 21.7 Å². The second kappa shape index (κ2) is 6.80. The fourth-order valence-electron chi connectivity index (χ4n) is 2.30. The molecular weight excluding hydrogens is 296 g/mol. The van der Waals surface area contributed by atoms with Crippen molar-refractivity contribution in [3.8, 4) is 0 Å². The van der Waals surface area contributed by atoms with Crippen LogP contribution in [0.5, 0.6) is 0 Å². The molecule has 4 atom stereocenters. The normalized spacial score (nSPS) is 29.0. The van der Waals surface area contributed by atoms with Crippen LogP contribution in [0.25, 0.3) is 0 Å². The van der Waals surface area contributed by atoms with Crippen molar-refractivity contribution in [2.45, 2.75) is 44.8 Å². The minimum Gasteiger partial charge on any atom is -0.394 e. The van der Waals surface area contributed by atoms with Gasteiger partial charge in [0.15, 0.2) is 11.0 Å². The Hall–Kier alpha value is -1.06. The molecule has 7 nitrogen and oxygen atoms in total. The molecule has 1 aliphatic heterocycles. The van der Waals surface area contributed by atoms with Crippen molar-refractivity contribution in [1.82, 2.24) is 9.55 Å². The van der Waals surface area contributed by atoms with Gasteiger partial charge in [0.1, 0.15) is 18.3 Å². The Kier molecular flexibility index (Phi) is 5.28. The van der Waals surface area contributed by atoms with Crippen LogP contribution in [0, 0.1) is 11.7 Å². The standard InChI is InChI=1S/C13H20N2O5S/c1-3-4-19-10-9(17)8(6-16)20-12(10)15-5-7(2)11(18)14-13(15)21/h5,8-10,12,16-17H,3-4,6H2,1-2H3,(H,14,18,21)/t8-,9-,10-,12-/m1/s1. The molecule has 21 heavy (non-hydrogen) atoms. The molecule has 8 heteroatoms. The van der Waals surface area contributed by atoms with E-state index < -0.39 is 24.5 Å². The van der Waals surface area contributed by atoms with Gasteiger partial charge >= 0.3 is 0 Å². The van der Waals surface area contributed by atoms with E-state index >= 15 is 0 Å². The molecule has 0 amide bonds. The highest BCUT2D eigenvalue weighted by Crippen LogP contribution is 2.31. The maximum Gasteiger partial charge on any atom is 0.254 e. The van der Waals surface area contributed by atoms with Crippen LogP contribution < -0.4 is 5.56 Å². The van der Waals surface area contributed by atoms with E-state index in [1.165, 1.54) is 0 Å². The number of aromatic amines is 1. The SMILES string of the molecule is CCCO[C@@H]1[C@H](O)[C@@H](CO)O[C@H]1n1cc(C)c(=O)[nH]c1=S. The molecule has 1 aromatic heterocycles. The number of H-pyrrole nitrogens is 1. The lowest BCUT2D eigenvalue weighted by molar-refractivity contribution is -0.0734. The quantitative estimate of drug-likeness (QED) is 0.674. The first-order valence-corrected chi connectivity index (χ1v) is 7.28. The summed E-state index contributed by atoms with van der Waals surface area (Å²) in [5.74, 6) is 0. The van der Waals surface area contributed by atoms with Gasteiger partial charge in [-0.3, -0.25) is 14.3 Å². The number of aryl methyl sites for hydroxylation is 1. The van der Waals surface area contributed by atoms with Crippen LogP contribution in [-0.2, 0) is 9.47 Å². The minimum absolute atomic E-state index is 0.187. The highest BCUT2D eigenvalue weighted by molar-refractivity contribution is 7.71. The molecule has 2 rings (SSSR count). The van der Waals surface area contributed by atoms with Gasteiger partial charge in [0.25, 0.3) is 5.56 Å². The molecule has 1 saturated heterocycles. The smallest absolute Gasteiger partial charge is 0.254 e. The van der Waals surface area contributed by atoms with Crippen LogP contribution in [0.3, 0.4) is 0 Å². The molecule has 118 valence electrons. The summed E-state index contributed by atoms with van der Waals surface area (Å²) in [4.78, 5) is 14.1. The monoisotopic (exact) mass is 316 g/mol. The average molecular weight is 316 g/mol. The predicted octanol–water partition coefficient (Wildman–Crippen LogP) is 0.260. The second-order valence-corrected chi connectivity index (χ2v) is 5.44. The van der Waals surface area contributed by atoms with Gasteiger partial charge in [0.2, 0.25) is 0 Å². The third-order valence-corrected chi connectivity index (χ3v) is 3.74. The van der Waals surface area contributed by atoms with Crippen LogP contribution in [0.2, 0.25) is 0 Å². The van der Waals surface area contributed by atoms with E-state index in [0.717, 1.165) is 6.42 Å². The zero-order valence-corrected chi connectivity index (χ0v) is 12.8. The van der Waals surface area contributed by atoms with Crippen molar-refractivity contribution in [2.24, 2.45) is 0 Å². The summed E-state index contributed by atoms with van der Waals surface area (Å²) in [7, 11) is 0. The van der Waals surface area contributed by atoms with E-state index in [1.54, 1.807) is 17.7 Å². The van der Waals surface area contributed by atoms with E-state index in [1.807, 2.05) is 6.92 Å². The summed E-state index contributed by atoms with van der Waals surface area (Å²) in [6.07, 6.45) is -0.686. The van der Waals surface area contributed by atoms with Crippen molar-refractivity contribution >= 4 is 12.2 Å². The summed E-state index contributed by atoms with van der Waals surface area (Å²) < 4.78 is 13.0. The second-order valence-electron chi connectivity index (χ2n) is 5.05. The van der Waals surface area contributed by atoms with E-state index in [0.29, 0.717) is 12.2 Å². The third kappa shape index (κ3) is 3.24. The van der Waals surface area contributed by atoms with Gasteiger partial charge in [-0.25, -0.2) is 0 Å². The molecule has 0 bridgehead atoms. The molecule has 0 radical (unpaired) electrons. The lowest BCUT2D eigenvalue weighted by atomic mass is 10.1. The summed E-state index contributed by atoms with van der Waals surface area (Å²) in [5, 5.41) is 19.5. The number of nitrogens with one attached hydrogen (secondary N) is 1. The summed E-state index contributed by atoms with van der Waals surface area (Å²) in [6, 6.07) is 0. The topological polar surface area (TPSA) is 96.7 Å². The lowest BCUT2D eigenvalue weighted by Crippen LogP contribution is -2.36. The van der Waals surface area contributed by atoms with Gasteiger partial charge in [-0.15, -0.1) is 0 Å². The molecule has 0 saturated carbocycles. The van der Waals surface area contributed by atoms with Gasteiger partial charge in [-0.05, 0) is 25.6 Å². The Morgan fingerprint density at radius 1 is 1.57 bits per heavy atom. The van der Waals surface area contributed by atoms with E-state index in [-0.39, 0.29) is 16.9 Å². The number of aromatic nitrogens is 2. The molecule has 0 aliphatic carbocycles. The van der Waals surface area contributed by atoms with Gasteiger partial charge in [-0.2, -0.15) is 0 Å². The Labute approximate surface area is 127 Å². The number of nitrogens with zero attached hydrogens (tertiary/aromatic N) is 1. The van der Waals surface area contributed by atoms with Crippen molar-refractivity contribution in [2.75, 3.05) is 13.2 Å². The predicted molar refractivity (Wildman–Crippen MR) is 77.7 cm³/mol. The number of aliphatic hydroxyl groups excluding tert-OH is 2. The van der Waals surface area contributed by atoms with Crippen molar-refractivity contribution < 1.29 is 19.7 Å². The molecule has 0 unspecified atom stereocenters. The number of hydrogen-bond acceptors (Lipinski definition) is 6. The molecule has 0 aromatic carbocycles. The molecule has 0 spiro atoms. The van der Waals surface area contributed by atoms with E-state index in [2.05, 4.69) is 4.98 Å². The highest BCUT2D eigenvalue weighted by atomic mass is 32.1. The Bertz CT molecular complexity index is 599. The molecule has 1 aliphatic rings. The van der Waals surface area contributed by atoms with Crippen LogP contribution in [-0.4, -0.2) is 51.3 Å². The fourth-order valence-corrected chi connectivity index (χ4v) is 2.55. The van der Waals surface area contributed by atoms with Crippen molar-refractivity contribution in [3.63, 3.8) is 0 Å². The third-order valence-electron chi connectivity index (χ3n) is 3.43. The molecule has 3 N–H and O–H groups in total. The lowest BCUT2D eigenvalue weighted by Gasteiger charge is -2.23. The summed E-state index contributed by atoms with van der Waals surface area (Å²) in [6.45, 7) is 3.74. The maximum absolute atomic E-state index is 11.5. The van der Waals surface area contributed by atoms with Crippen LogP contribution in [0.1, 0.15) is 25.1 Å². The Morgan fingerprint density at radius 2 is 2.29 bits per heavy atom. The van der Waals surface area contributed by atoms with Crippen molar-refractivity contribution in [1.29, 1.82) is 0 Å². The number of aliphatic hydroxyl groups is 2. The van der Waals surface area contributed by atoms with E-state index in [9.17, 15) is 15.0 Å². The van der Waals surface area contributed by atoms with Crippen LogP contribution in [0.15, 0.2) is 11.0 Å². The van der Waals surface area contributed by atoms with Crippen LogP contribution in [0.4, 0.5) is 0 Å². The van der Waals surface area contributed by atoms with Crippen LogP contribution >= 0.6 is 12.2 Å². The molecular formula is C13H20N2O5S. The summed E-state index contributed by atoms with van der Waals surface area (Å²) in [5.41, 5.74) is 0.211. The fraction of sp³-hybridized carbons (Fsp3) is 0.692. The number of ether oxygens (including phenoxy) is 2. The zero-order chi connectivity index (χ0) is 15.6. The summed E-state index contributed by atoms with van der Waals surface area (Å²) >= 11 is 5.14. The number of hydrogen-bond donors (Lipinski definition) is 3. The molecule has 2 heterocycles. The maximum atomic E-state index is 11.5. The van der Waals surface area contributed by atoms with Gasteiger partial charge in [-0.1, -0.05) is 6.92 Å². The zero-order valence-electron chi connectivity index (χ0n) is 12.0. The van der Waals surface area contributed by atoms with Gasteiger partial charge < -0.3 is 19.7 Å². The molecule has 1 fully saturated rings. The first kappa shape index (κ1) is 16.3. The van der Waals surface area contributed by atoms with Gasteiger partial charge in [0, 0.05) is 18.4 Å². The first-order chi connectivity index (χ1) is 9.99. The number of rotatable bonds is 5. The first-order valence-electron chi connectivity index (χ1n) is 6.87. The van der Waals surface area contributed by atoms with Crippen molar-refractivity contribution in [3.05, 3.63) is 26.9 Å². The highest BCUT2D eigenvalue weighted by Gasteiger charge is 2.45.